The highest BCUT2D eigenvalue weighted by Gasteiger charge is 2.21. The van der Waals surface area contributed by atoms with Crippen LogP contribution in [0, 0.1) is 0 Å². The summed E-state index contributed by atoms with van der Waals surface area (Å²) in [5, 5.41) is 0. The maximum Gasteiger partial charge on any atom is 0.128 e. The molecule has 2 heterocycles. The largest absolute Gasteiger partial charge is 0.377 e. The summed E-state index contributed by atoms with van der Waals surface area (Å²) in [5.41, 5.74) is 7.05. The second kappa shape index (κ2) is 6.16. The van der Waals surface area contributed by atoms with Crippen molar-refractivity contribution in [1.29, 1.82) is 0 Å². The number of nitrogens with zero attached hydrogens (tertiary/aromatic N) is 2. The fourth-order valence-corrected chi connectivity index (χ4v) is 2.41. The van der Waals surface area contributed by atoms with Gasteiger partial charge in [-0.25, -0.2) is 4.98 Å². The van der Waals surface area contributed by atoms with Crippen molar-refractivity contribution in [2.24, 2.45) is 5.73 Å². The number of nitrogens with two attached hydrogens (primary N) is 1. The minimum absolute atomic E-state index is 0.0548. The van der Waals surface area contributed by atoms with Crippen molar-refractivity contribution < 1.29 is 4.74 Å². The fraction of sp³-hybridized carbons (Fsp3) is 0.643. The van der Waals surface area contributed by atoms with Gasteiger partial charge >= 0.3 is 0 Å². The predicted molar refractivity (Wildman–Crippen MR) is 73.7 cm³/mol. The Bertz CT molecular complexity index is 379. The average molecular weight is 249 g/mol. The van der Waals surface area contributed by atoms with Crippen molar-refractivity contribution >= 4 is 5.82 Å². The van der Waals surface area contributed by atoms with Gasteiger partial charge in [-0.1, -0.05) is 0 Å². The molecule has 0 radical (unpaired) electrons. The SMILES string of the molecule is CCOC1CCCN(c2cc([C@H](C)N)ccn2)C1. The Labute approximate surface area is 109 Å². The molecule has 1 aromatic rings. The van der Waals surface area contributed by atoms with Crippen LogP contribution in [0.4, 0.5) is 5.82 Å². The zero-order valence-electron chi connectivity index (χ0n) is 11.3. The van der Waals surface area contributed by atoms with E-state index in [0.29, 0.717) is 6.10 Å². The zero-order valence-corrected chi connectivity index (χ0v) is 11.3. The molecule has 4 nitrogen and oxygen atoms in total. The second-order valence-corrected chi connectivity index (χ2v) is 4.90. The Balaban J connectivity index is 2.08. The van der Waals surface area contributed by atoms with Crippen LogP contribution < -0.4 is 10.6 Å². The first-order valence-corrected chi connectivity index (χ1v) is 6.78. The van der Waals surface area contributed by atoms with Crippen LogP contribution in [-0.2, 0) is 4.74 Å². The molecule has 0 amide bonds. The van der Waals surface area contributed by atoms with Crippen LogP contribution in [0.15, 0.2) is 18.3 Å². The quantitative estimate of drug-likeness (QED) is 0.888. The van der Waals surface area contributed by atoms with E-state index in [0.717, 1.165) is 43.9 Å². The molecule has 1 aliphatic rings. The van der Waals surface area contributed by atoms with Gasteiger partial charge in [-0.15, -0.1) is 0 Å². The fourth-order valence-electron chi connectivity index (χ4n) is 2.41. The lowest BCUT2D eigenvalue weighted by Gasteiger charge is -2.33. The molecule has 2 rings (SSSR count). The number of piperidine rings is 1. The maximum absolute atomic E-state index is 5.92. The Morgan fingerprint density at radius 3 is 3.17 bits per heavy atom. The average Bonchev–Trinajstić information content (AvgIpc) is 2.39. The second-order valence-electron chi connectivity index (χ2n) is 4.90. The van der Waals surface area contributed by atoms with Crippen LogP contribution in [0.3, 0.4) is 0 Å². The summed E-state index contributed by atoms with van der Waals surface area (Å²) in [4.78, 5) is 6.76. The summed E-state index contributed by atoms with van der Waals surface area (Å²) in [6.45, 7) is 6.82. The molecule has 1 unspecified atom stereocenters. The third kappa shape index (κ3) is 3.21. The lowest BCUT2D eigenvalue weighted by atomic mass is 10.1. The first-order chi connectivity index (χ1) is 8.70. The molecule has 0 aliphatic carbocycles. The molecule has 0 bridgehead atoms. The molecular formula is C14H23N3O. The number of aromatic nitrogens is 1. The van der Waals surface area contributed by atoms with Gasteiger partial charge in [0.2, 0.25) is 0 Å². The Morgan fingerprint density at radius 2 is 2.44 bits per heavy atom. The van der Waals surface area contributed by atoms with Crippen molar-refractivity contribution in [3.63, 3.8) is 0 Å². The molecule has 1 aromatic heterocycles. The first kappa shape index (κ1) is 13.3. The van der Waals surface area contributed by atoms with Gasteiger partial charge in [-0.05, 0) is 44.4 Å². The number of hydrogen-bond acceptors (Lipinski definition) is 4. The summed E-state index contributed by atoms with van der Waals surface area (Å²) >= 11 is 0. The Hall–Kier alpha value is -1.13. The summed E-state index contributed by atoms with van der Waals surface area (Å²) in [5.74, 6) is 1.02. The van der Waals surface area contributed by atoms with E-state index in [1.165, 1.54) is 0 Å². The van der Waals surface area contributed by atoms with Gasteiger partial charge in [0, 0.05) is 31.9 Å². The maximum atomic E-state index is 5.92. The highest BCUT2D eigenvalue weighted by Crippen LogP contribution is 2.21. The number of pyridine rings is 1. The highest BCUT2D eigenvalue weighted by molar-refractivity contribution is 5.42. The molecule has 1 fully saturated rings. The topological polar surface area (TPSA) is 51.4 Å². The van der Waals surface area contributed by atoms with Crippen LogP contribution >= 0.6 is 0 Å². The van der Waals surface area contributed by atoms with E-state index in [2.05, 4.69) is 16.0 Å². The minimum atomic E-state index is 0.0548. The Morgan fingerprint density at radius 1 is 1.61 bits per heavy atom. The standard InChI is InChI=1S/C14H23N3O/c1-3-18-13-5-4-8-17(10-13)14-9-12(11(2)15)6-7-16-14/h6-7,9,11,13H,3-5,8,10,15H2,1-2H3/t11-,13?/m0/s1. The van der Waals surface area contributed by atoms with E-state index in [9.17, 15) is 0 Å². The van der Waals surface area contributed by atoms with Gasteiger partial charge in [-0.2, -0.15) is 0 Å². The molecule has 0 aromatic carbocycles. The molecule has 2 atom stereocenters. The monoisotopic (exact) mass is 249 g/mol. The van der Waals surface area contributed by atoms with Crippen molar-refractivity contribution in [2.45, 2.75) is 38.8 Å². The van der Waals surface area contributed by atoms with Crippen molar-refractivity contribution in [2.75, 3.05) is 24.6 Å². The van der Waals surface area contributed by atoms with Crippen molar-refractivity contribution in [3.8, 4) is 0 Å². The normalized spacial score (nSPS) is 21.9. The summed E-state index contributed by atoms with van der Waals surface area (Å²) in [7, 11) is 0. The highest BCUT2D eigenvalue weighted by atomic mass is 16.5. The van der Waals surface area contributed by atoms with Crippen LogP contribution in [0.25, 0.3) is 0 Å². The molecule has 18 heavy (non-hydrogen) atoms. The van der Waals surface area contributed by atoms with E-state index in [4.69, 9.17) is 10.5 Å². The van der Waals surface area contributed by atoms with Gasteiger partial charge in [0.1, 0.15) is 5.82 Å². The lowest BCUT2D eigenvalue weighted by Crippen LogP contribution is -2.40. The molecule has 0 spiro atoms. The number of ether oxygens (including phenoxy) is 1. The van der Waals surface area contributed by atoms with Gasteiger partial charge in [0.15, 0.2) is 0 Å². The molecular weight excluding hydrogens is 226 g/mol. The van der Waals surface area contributed by atoms with Gasteiger partial charge in [0.25, 0.3) is 0 Å². The van der Waals surface area contributed by atoms with Crippen molar-refractivity contribution in [1.82, 2.24) is 4.98 Å². The number of hydrogen-bond donors (Lipinski definition) is 1. The molecule has 2 N–H and O–H groups in total. The summed E-state index contributed by atoms with van der Waals surface area (Å²) in [6.07, 6.45) is 4.49. The van der Waals surface area contributed by atoms with E-state index >= 15 is 0 Å². The van der Waals surface area contributed by atoms with Crippen LogP contribution in [0.2, 0.25) is 0 Å². The Kier molecular flexibility index (Phi) is 4.55. The minimum Gasteiger partial charge on any atom is -0.377 e. The van der Waals surface area contributed by atoms with Gasteiger partial charge in [-0.3, -0.25) is 0 Å². The molecule has 1 aliphatic heterocycles. The summed E-state index contributed by atoms with van der Waals surface area (Å²) < 4.78 is 5.72. The smallest absolute Gasteiger partial charge is 0.128 e. The number of rotatable bonds is 4. The van der Waals surface area contributed by atoms with E-state index < -0.39 is 0 Å². The molecule has 1 saturated heterocycles. The van der Waals surface area contributed by atoms with Crippen LogP contribution in [-0.4, -0.2) is 30.8 Å². The lowest BCUT2D eigenvalue weighted by molar-refractivity contribution is 0.0525. The third-order valence-corrected chi connectivity index (χ3v) is 3.40. The van der Waals surface area contributed by atoms with E-state index in [1.807, 2.05) is 26.1 Å². The molecule has 0 saturated carbocycles. The molecule has 100 valence electrons. The van der Waals surface area contributed by atoms with Crippen molar-refractivity contribution in [3.05, 3.63) is 23.9 Å². The summed E-state index contributed by atoms with van der Waals surface area (Å²) in [6, 6.07) is 4.14. The van der Waals surface area contributed by atoms with Gasteiger partial charge in [0.05, 0.1) is 6.10 Å². The van der Waals surface area contributed by atoms with E-state index in [-0.39, 0.29) is 6.04 Å². The van der Waals surface area contributed by atoms with Crippen LogP contribution in [0.5, 0.6) is 0 Å². The van der Waals surface area contributed by atoms with Crippen LogP contribution in [0.1, 0.15) is 38.3 Å². The predicted octanol–water partition coefficient (Wildman–Crippen LogP) is 2.11. The third-order valence-electron chi connectivity index (χ3n) is 3.40. The first-order valence-electron chi connectivity index (χ1n) is 6.78. The zero-order chi connectivity index (χ0) is 13.0. The van der Waals surface area contributed by atoms with Gasteiger partial charge < -0.3 is 15.4 Å². The van der Waals surface area contributed by atoms with E-state index in [1.54, 1.807) is 0 Å². The molecule has 4 heteroatoms. The number of anilines is 1.